The van der Waals surface area contributed by atoms with Crippen molar-refractivity contribution in [2.24, 2.45) is 5.73 Å². The van der Waals surface area contributed by atoms with Gasteiger partial charge >= 0.3 is 0 Å². The zero-order valence-corrected chi connectivity index (χ0v) is 10.5. The fourth-order valence-corrected chi connectivity index (χ4v) is 1.56. The van der Waals surface area contributed by atoms with Crippen molar-refractivity contribution in [1.29, 1.82) is 0 Å². The quantitative estimate of drug-likeness (QED) is 0.850. The van der Waals surface area contributed by atoms with Gasteiger partial charge in [0.05, 0.1) is 11.6 Å². The maximum atomic E-state index is 11.5. The van der Waals surface area contributed by atoms with Crippen molar-refractivity contribution in [3.8, 4) is 0 Å². The number of nitrogens with two attached hydrogens (primary N) is 1. The van der Waals surface area contributed by atoms with Crippen LogP contribution in [-0.4, -0.2) is 11.9 Å². The highest BCUT2D eigenvalue weighted by atomic mass is 35.5. The standard InChI is InChI=1S/C12H17ClN2O/c1-8(14)11(16)15-12(2,3)9-5-4-6-10(13)7-9/h4-8H,14H2,1-3H3,(H,15,16). The number of carbonyl (C=O) groups is 1. The summed E-state index contributed by atoms with van der Waals surface area (Å²) in [7, 11) is 0. The first-order valence-corrected chi connectivity index (χ1v) is 5.54. The Labute approximate surface area is 101 Å². The summed E-state index contributed by atoms with van der Waals surface area (Å²) in [5, 5.41) is 3.53. The first-order chi connectivity index (χ1) is 7.33. The summed E-state index contributed by atoms with van der Waals surface area (Å²) in [6.45, 7) is 5.49. The zero-order valence-electron chi connectivity index (χ0n) is 9.75. The van der Waals surface area contributed by atoms with Crippen LogP contribution in [0, 0.1) is 0 Å². The van der Waals surface area contributed by atoms with Crippen molar-refractivity contribution in [3.05, 3.63) is 34.9 Å². The number of rotatable bonds is 3. The van der Waals surface area contributed by atoms with Gasteiger partial charge in [-0.2, -0.15) is 0 Å². The molecule has 4 heteroatoms. The molecule has 0 aliphatic rings. The molecule has 0 saturated carbocycles. The van der Waals surface area contributed by atoms with Crippen LogP contribution in [0.15, 0.2) is 24.3 Å². The summed E-state index contributed by atoms with van der Waals surface area (Å²) in [6, 6.07) is 6.90. The highest BCUT2D eigenvalue weighted by Crippen LogP contribution is 2.22. The van der Waals surface area contributed by atoms with Crippen LogP contribution in [0.25, 0.3) is 0 Å². The normalized spacial score (nSPS) is 13.3. The molecule has 0 aliphatic carbocycles. The first-order valence-electron chi connectivity index (χ1n) is 5.16. The molecule has 1 amide bonds. The average molecular weight is 241 g/mol. The summed E-state index contributed by atoms with van der Waals surface area (Å²) in [6.07, 6.45) is 0. The average Bonchev–Trinajstić information content (AvgIpc) is 2.17. The van der Waals surface area contributed by atoms with Crippen molar-refractivity contribution in [2.45, 2.75) is 32.4 Å². The van der Waals surface area contributed by atoms with Crippen LogP contribution in [-0.2, 0) is 10.3 Å². The van der Waals surface area contributed by atoms with Crippen LogP contribution in [0.2, 0.25) is 5.02 Å². The third-order valence-electron chi connectivity index (χ3n) is 2.40. The van der Waals surface area contributed by atoms with Gasteiger partial charge in [0, 0.05) is 5.02 Å². The van der Waals surface area contributed by atoms with Crippen LogP contribution in [0.3, 0.4) is 0 Å². The molecular formula is C12H17ClN2O. The number of nitrogens with one attached hydrogen (secondary N) is 1. The van der Waals surface area contributed by atoms with Crippen LogP contribution in [0.5, 0.6) is 0 Å². The van der Waals surface area contributed by atoms with E-state index in [1.807, 2.05) is 32.0 Å². The molecule has 0 saturated heterocycles. The molecule has 0 heterocycles. The molecule has 3 nitrogen and oxygen atoms in total. The molecule has 0 radical (unpaired) electrons. The van der Waals surface area contributed by atoms with E-state index < -0.39 is 11.6 Å². The lowest BCUT2D eigenvalue weighted by atomic mass is 9.94. The zero-order chi connectivity index (χ0) is 12.3. The van der Waals surface area contributed by atoms with E-state index in [0.29, 0.717) is 5.02 Å². The Bertz CT molecular complexity index is 388. The molecule has 1 aromatic rings. The first kappa shape index (κ1) is 13.0. The van der Waals surface area contributed by atoms with Crippen molar-refractivity contribution in [1.82, 2.24) is 5.32 Å². The van der Waals surface area contributed by atoms with E-state index in [1.165, 1.54) is 0 Å². The number of halogens is 1. The van der Waals surface area contributed by atoms with Gasteiger partial charge in [0.1, 0.15) is 0 Å². The van der Waals surface area contributed by atoms with E-state index in [-0.39, 0.29) is 5.91 Å². The second-order valence-electron chi connectivity index (χ2n) is 4.41. The lowest BCUT2D eigenvalue weighted by molar-refractivity contribution is -0.123. The summed E-state index contributed by atoms with van der Waals surface area (Å²) in [4.78, 5) is 11.5. The van der Waals surface area contributed by atoms with E-state index in [4.69, 9.17) is 17.3 Å². The Morgan fingerprint density at radius 3 is 2.62 bits per heavy atom. The van der Waals surface area contributed by atoms with Gasteiger partial charge in [-0.3, -0.25) is 4.79 Å². The lowest BCUT2D eigenvalue weighted by Crippen LogP contribution is -2.47. The molecule has 16 heavy (non-hydrogen) atoms. The topological polar surface area (TPSA) is 55.1 Å². The minimum absolute atomic E-state index is 0.176. The molecule has 0 bridgehead atoms. The van der Waals surface area contributed by atoms with Crippen molar-refractivity contribution in [3.63, 3.8) is 0 Å². The Hall–Kier alpha value is -1.06. The Morgan fingerprint density at radius 2 is 2.12 bits per heavy atom. The van der Waals surface area contributed by atoms with Gasteiger partial charge < -0.3 is 11.1 Å². The van der Waals surface area contributed by atoms with Crippen LogP contribution in [0.4, 0.5) is 0 Å². The summed E-state index contributed by atoms with van der Waals surface area (Å²) < 4.78 is 0. The molecule has 1 atom stereocenters. The van der Waals surface area contributed by atoms with E-state index in [2.05, 4.69) is 5.32 Å². The van der Waals surface area contributed by atoms with Gasteiger partial charge in [-0.05, 0) is 38.5 Å². The van der Waals surface area contributed by atoms with E-state index >= 15 is 0 Å². The van der Waals surface area contributed by atoms with Gasteiger partial charge in [-0.1, -0.05) is 23.7 Å². The van der Waals surface area contributed by atoms with Crippen molar-refractivity contribution in [2.75, 3.05) is 0 Å². The minimum Gasteiger partial charge on any atom is -0.346 e. The minimum atomic E-state index is -0.515. The maximum Gasteiger partial charge on any atom is 0.237 e. The molecule has 1 rings (SSSR count). The molecule has 0 fully saturated rings. The van der Waals surface area contributed by atoms with E-state index in [1.54, 1.807) is 13.0 Å². The maximum absolute atomic E-state index is 11.5. The Kier molecular flexibility index (Phi) is 3.94. The van der Waals surface area contributed by atoms with Crippen molar-refractivity contribution < 1.29 is 4.79 Å². The number of hydrogen-bond acceptors (Lipinski definition) is 2. The fourth-order valence-electron chi connectivity index (χ4n) is 1.37. The van der Waals surface area contributed by atoms with Crippen molar-refractivity contribution >= 4 is 17.5 Å². The molecule has 0 aliphatic heterocycles. The molecule has 88 valence electrons. The molecular weight excluding hydrogens is 224 g/mol. The second kappa shape index (κ2) is 4.85. The van der Waals surface area contributed by atoms with Crippen LogP contribution >= 0.6 is 11.6 Å². The molecule has 3 N–H and O–H groups in total. The summed E-state index contributed by atoms with van der Waals surface area (Å²) in [5.41, 5.74) is 5.99. The Balaban J connectivity index is 2.89. The number of hydrogen-bond donors (Lipinski definition) is 2. The SMILES string of the molecule is CC(N)C(=O)NC(C)(C)c1cccc(Cl)c1. The highest BCUT2D eigenvalue weighted by molar-refractivity contribution is 6.30. The second-order valence-corrected chi connectivity index (χ2v) is 4.85. The third-order valence-corrected chi connectivity index (χ3v) is 2.63. The summed E-state index contributed by atoms with van der Waals surface area (Å²) >= 11 is 5.91. The number of amides is 1. The van der Waals surface area contributed by atoms with Crippen LogP contribution in [0.1, 0.15) is 26.3 Å². The van der Waals surface area contributed by atoms with Gasteiger partial charge in [-0.15, -0.1) is 0 Å². The number of benzene rings is 1. The smallest absolute Gasteiger partial charge is 0.237 e. The van der Waals surface area contributed by atoms with E-state index in [9.17, 15) is 4.79 Å². The Morgan fingerprint density at radius 1 is 1.50 bits per heavy atom. The fraction of sp³-hybridized carbons (Fsp3) is 0.417. The van der Waals surface area contributed by atoms with E-state index in [0.717, 1.165) is 5.56 Å². The van der Waals surface area contributed by atoms with Gasteiger partial charge in [0.25, 0.3) is 0 Å². The largest absolute Gasteiger partial charge is 0.346 e. The number of carbonyl (C=O) groups excluding carboxylic acids is 1. The molecule has 1 aromatic carbocycles. The van der Waals surface area contributed by atoms with Gasteiger partial charge in [0.15, 0.2) is 0 Å². The summed E-state index contributed by atoms with van der Waals surface area (Å²) in [5.74, 6) is -0.176. The molecule has 1 unspecified atom stereocenters. The molecule has 0 spiro atoms. The predicted octanol–water partition coefficient (Wildman–Crippen LogP) is 2.04. The third kappa shape index (κ3) is 3.22. The monoisotopic (exact) mass is 240 g/mol. The molecule has 0 aromatic heterocycles. The highest BCUT2D eigenvalue weighted by Gasteiger charge is 2.24. The van der Waals surface area contributed by atoms with Gasteiger partial charge in [0.2, 0.25) is 5.91 Å². The lowest BCUT2D eigenvalue weighted by Gasteiger charge is -2.28. The van der Waals surface area contributed by atoms with Crippen LogP contribution < -0.4 is 11.1 Å². The predicted molar refractivity (Wildman–Crippen MR) is 66.3 cm³/mol. The van der Waals surface area contributed by atoms with Gasteiger partial charge in [-0.25, -0.2) is 0 Å².